The van der Waals surface area contributed by atoms with Crippen LogP contribution in [0, 0.1) is 0 Å². The predicted octanol–water partition coefficient (Wildman–Crippen LogP) is 1.87. The molecule has 0 aliphatic heterocycles. The maximum absolute atomic E-state index is 11.4. The van der Waals surface area contributed by atoms with Crippen LogP contribution < -0.4 is 10.1 Å². The molecule has 6 heteroatoms. The van der Waals surface area contributed by atoms with E-state index in [2.05, 4.69) is 5.32 Å². The molecule has 0 saturated carbocycles. The predicted molar refractivity (Wildman–Crippen MR) is 83.6 cm³/mol. The minimum atomic E-state index is -3.15. The lowest BCUT2D eigenvalue weighted by molar-refractivity contribution is 0.143. The molecule has 0 saturated heterocycles. The molecule has 1 aromatic carbocycles. The molecule has 0 fully saturated rings. The molecule has 1 atom stereocenters. The monoisotopic (exact) mass is 315 g/mol. The molecule has 0 aliphatic carbocycles. The van der Waals surface area contributed by atoms with Gasteiger partial charge in [-0.1, -0.05) is 0 Å². The number of rotatable bonds is 10. The lowest BCUT2D eigenvalue weighted by Crippen LogP contribution is -2.30. The summed E-state index contributed by atoms with van der Waals surface area (Å²) in [6.45, 7) is 7.10. The first-order chi connectivity index (χ1) is 9.93. The van der Waals surface area contributed by atoms with Gasteiger partial charge in [0.1, 0.15) is 11.9 Å². The molecule has 1 N–H and O–H groups in total. The Balaban J connectivity index is 2.30. The van der Waals surface area contributed by atoms with E-state index in [1.165, 1.54) is 6.26 Å². The van der Waals surface area contributed by atoms with Gasteiger partial charge >= 0.3 is 0 Å². The number of sulfone groups is 1. The summed E-state index contributed by atoms with van der Waals surface area (Å²) >= 11 is 0. The van der Waals surface area contributed by atoms with E-state index in [4.69, 9.17) is 9.47 Å². The Hall–Kier alpha value is -1.11. The molecular formula is C15H25NO4S. The fourth-order valence-corrected chi connectivity index (χ4v) is 2.42. The van der Waals surface area contributed by atoms with Crippen LogP contribution in [0.2, 0.25) is 0 Å². The fourth-order valence-electron chi connectivity index (χ4n) is 1.79. The summed E-state index contributed by atoms with van der Waals surface area (Å²) in [6, 6.07) is 6.49. The summed E-state index contributed by atoms with van der Waals surface area (Å²) in [5.41, 5.74) is 0. The van der Waals surface area contributed by atoms with Crippen molar-refractivity contribution >= 4 is 9.84 Å². The maximum atomic E-state index is 11.4. The third-order valence-electron chi connectivity index (χ3n) is 2.87. The summed E-state index contributed by atoms with van der Waals surface area (Å²) in [5.74, 6) is 0.672. The van der Waals surface area contributed by atoms with E-state index in [1.807, 2.05) is 13.8 Å². The molecule has 0 amide bonds. The molecule has 5 nitrogen and oxygen atoms in total. The van der Waals surface area contributed by atoms with Gasteiger partial charge in [0.2, 0.25) is 0 Å². The highest BCUT2D eigenvalue weighted by Gasteiger charge is 2.08. The van der Waals surface area contributed by atoms with Crippen molar-refractivity contribution in [1.29, 1.82) is 0 Å². The quantitative estimate of drug-likeness (QED) is 0.668. The minimum Gasteiger partial charge on any atom is -0.489 e. The minimum absolute atomic E-state index is 0.0150. The maximum Gasteiger partial charge on any atom is 0.175 e. The van der Waals surface area contributed by atoms with Crippen LogP contribution in [0.15, 0.2) is 29.2 Å². The van der Waals surface area contributed by atoms with Crippen molar-refractivity contribution < 1.29 is 17.9 Å². The van der Waals surface area contributed by atoms with Crippen LogP contribution in [0.1, 0.15) is 20.3 Å². The van der Waals surface area contributed by atoms with Gasteiger partial charge in [-0.15, -0.1) is 0 Å². The molecule has 0 aromatic heterocycles. The van der Waals surface area contributed by atoms with Gasteiger partial charge in [0.05, 0.1) is 4.90 Å². The Morgan fingerprint density at radius 1 is 1.24 bits per heavy atom. The lowest BCUT2D eigenvalue weighted by atomic mass is 10.3. The van der Waals surface area contributed by atoms with Gasteiger partial charge in [0.15, 0.2) is 9.84 Å². The Morgan fingerprint density at radius 3 is 2.48 bits per heavy atom. The van der Waals surface area contributed by atoms with Gasteiger partial charge in [-0.3, -0.25) is 0 Å². The van der Waals surface area contributed by atoms with Crippen LogP contribution in [0.3, 0.4) is 0 Å². The molecule has 1 rings (SSSR count). The van der Waals surface area contributed by atoms with Gasteiger partial charge < -0.3 is 14.8 Å². The van der Waals surface area contributed by atoms with E-state index in [0.717, 1.165) is 32.7 Å². The molecule has 0 aliphatic rings. The third kappa shape index (κ3) is 7.45. The summed E-state index contributed by atoms with van der Waals surface area (Å²) in [4.78, 5) is 0.302. The summed E-state index contributed by atoms with van der Waals surface area (Å²) in [6.07, 6.45) is 2.18. The topological polar surface area (TPSA) is 64.6 Å². The number of hydrogen-bond acceptors (Lipinski definition) is 5. The van der Waals surface area contributed by atoms with Crippen LogP contribution in [0.25, 0.3) is 0 Å². The molecule has 0 heterocycles. The van der Waals surface area contributed by atoms with Crippen molar-refractivity contribution in [2.75, 3.05) is 32.6 Å². The molecule has 21 heavy (non-hydrogen) atoms. The molecule has 0 bridgehead atoms. The third-order valence-corrected chi connectivity index (χ3v) is 4.00. The average Bonchev–Trinajstić information content (AvgIpc) is 2.42. The largest absolute Gasteiger partial charge is 0.489 e. The van der Waals surface area contributed by atoms with E-state index < -0.39 is 9.84 Å². The first-order valence-corrected chi connectivity index (χ1v) is 9.08. The van der Waals surface area contributed by atoms with Crippen molar-refractivity contribution in [3.8, 4) is 5.75 Å². The first kappa shape index (κ1) is 17.9. The zero-order chi connectivity index (χ0) is 15.7. The summed E-state index contributed by atoms with van der Waals surface area (Å²) in [5, 5.41) is 3.30. The molecule has 0 radical (unpaired) electrons. The standard InChI is InChI=1S/C15H25NO4S/c1-4-19-11-5-10-16-12-13(2)20-14-6-8-15(9-7-14)21(3,17)18/h6-9,13,16H,4-5,10-12H2,1-3H3. The van der Waals surface area contributed by atoms with Crippen molar-refractivity contribution in [3.05, 3.63) is 24.3 Å². The van der Waals surface area contributed by atoms with Crippen LogP contribution in [0.4, 0.5) is 0 Å². The van der Waals surface area contributed by atoms with Crippen molar-refractivity contribution in [2.45, 2.75) is 31.3 Å². The highest BCUT2D eigenvalue weighted by molar-refractivity contribution is 7.90. The number of hydrogen-bond donors (Lipinski definition) is 1. The highest BCUT2D eigenvalue weighted by atomic mass is 32.2. The average molecular weight is 315 g/mol. The summed E-state index contributed by atoms with van der Waals surface area (Å²) < 4.78 is 33.7. The lowest BCUT2D eigenvalue weighted by Gasteiger charge is -2.15. The van der Waals surface area contributed by atoms with Gasteiger partial charge in [-0.25, -0.2) is 8.42 Å². The fraction of sp³-hybridized carbons (Fsp3) is 0.600. The number of ether oxygens (including phenoxy) is 2. The zero-order valence-electron chi connectivity index (χ0n) is 13.0. The Labute approximate surface area is 127 Å². The Morgan fingerprint density at radius 2 is 1.90 bits per heavy atom. The van der Waals surface area contributed by atoms with E-state index in [-0.39, 0.29) is 6.10 Å². The second kappa shape index (κ2) is 9.02. The van der Waals surface area contributed by atoms with E-state index in [9.17, 15) is 8.42 Å². The van der Waals surface area contributed by atoms with E-state index in [1.54, 1.807) is 24.3 Å². The first-order valence-electron chi connectivity index (χ1n) is 7.18. The van der Waals surface area contributed by atoms with Crippen LogP contribution >= 0.6 is 0 Å². The SMILES string of the molecule is CCOCCCNCC(C)Oc1ccc(S(C)(=O)=O)cc1. The van der Waals surface area contributed by atoms with Gasteiger partial charge in [0, 0.05) is 26.0 Å². The molecular weight excluding hydrogens is 290 g/mol. The van der Waals surface area contributed by atoms with Crippen LogP contribution in [0.5, 0.6) is 5.75 Å². The number of nitrogens with one attached hydrogen (secondary N) is 1. The van der Waals surface area contributed by atoms with E-state index in [0.29, 0.717) is 10.6 Å². The van der Waals surface area contributed by atoms with Gasteiger partial charge in [0.25, 0.3) is 0 Å². The second-order valence-electron chi connectivity index (χ2n) is 4.93. The van der Waals surface area contributed by atoms with Gasteiger partial charge in [-0.2, -0.15) is 0 Å². The number of benzene rings is 1. The summed E-state index contributed by atoms with van der Waals surface area (Å²) in [7, 11) is -3.15. The molecule has 1 aromatic rings. The zero-order valence-corrected chi connectivity index (χ0v) is 13.8. The van der Waals surface area contributed by atoms with Crippen molar-refractivity contribution in [3.63, 3.8) is 0 Å². The normalized spacial score (nSPS) is 13.1. The smallest absolute Gasteiger partial charge is 0.175 e. The molecule has 120 valence electrons. The van der Waals surface area contributed by atoms with Crippen LogP contribution in [-0.2, 0) is 14.6 Å². The Bertz CT molecular complexity index is 499. The van der Waals surface area contributed by atoms with Crippen LogP contribution in [-0.4, -0.2) is 47.1 Å². The molecule has 1 unspecified atom stereocenters. The molecule has 0 spiro atoms. The van der Waals surface area contributed by atoms with Crippen molar-refractivity contribution in [2.24, 2.45) is 0 Å². The van der Waals surface area contributed by atoms with Gasteiger partial charge in [-0.05, 0) is 51.1 Å². The Kier molecular flexibility index (Phi) is 7.71. The van der Waals surface area contributed by atoms with Crippen molar-refractivity contribution in [1.82, 2.24) is 5.32 Å². The highest BCUT2D eigenvalue weighted by Crippen LogP contribution is 2.16. The second-order valence-corrected chi connectivity index (χ2v) is 6.94. The van der Waals surface area contributed by atoms with E-state index >= 15 is 0 Å².